The summed E-state index contributed by atoms with van der Waals surface area (Å²) in [6, 6.07) is 7.70. The van der Waals surface area contributed by atoms with Crippen LogP contribution in [0.2, 0.25) is 0 Å². The third-order valence-corrected chi connectivity index (χ3v) is 5.41. The first-order valence-corrected chi connectivity index (χ1v) is 8.79. The molecule has 1 saturated carbocycles. The molecule has 0 bridgehead atoms. The van der Waals surface area contributed by atoms with E-state index in [1.165, 1.54) is 17.0 Å². The van der Waals surface area contributed by atoms with Gasteiger partial charge in [-0.05, 0) is 38.3 Å². The molecule has 136 valence electrons. The van der Waals surface area contributed by atoms with Crippen molar-refractivity contribution in [2.24, 2.45) is 0 Å². The first-order valence-electron chi connectivity index (χ1n) is 8.79. The van der Waals surface area contributed by atoms with Gasteiger partial charge in [0.05, 0.1) is 6.54 Å². The highest BCUT2D eigenvalue weighted by Gasteiger charge is 2.45. The molecule has 1 aliphatic heterocycles. The number of halogens is 1. The zero-order chi connectivity index (χ0) is 18.3. The van der Waals surface area contributed by atoms with Crippen LogP contribution in [-0.4, -0.2) is 45.4 Å². The van der Waals surface area contributed by atoms with Gasteiger partial charge in [-0.3, -0.25) is 9.59 Å². The molecule has 7 heteroatoms. The van der Waals surface area contributed by atoms with E-state index in [4.69, 9.17) is 4.52 Å². The minimum Gasteiger partial charge on any atom is -0.356 e. The Hall–Kier alpha value is -2.70. The fourth-order valence-electron chi connectivity index (χ4n) is 3.66. The highest BCUT2D eigenvalue weighted by Crippen LogP contribution is 2.38. The van der Waals surface area contributed by atoms with Crippen LogP contribution in [0.25, 0.3) is 11.3 Å². The van der Waals surface area contributed by atoms with Crippen molar-refractivity contribution in [3.05, 3.63) is 41.8 Å². The van der Waals surface area contributed by atoms with Crippen molar-refractivity contribution in [1.82, 2.24) is 15.0 Å². The minimum absolute atomic E-state index is 0.169. The Kier molecular flexibility index (Phi) is 4.01. The van der Waals surface area contributed by atoms with Crippen LogP contribution in [0.3, 0.4) is 0 Å². The highest BCUT2D eigenvalue weighted by molar-refractivity contribution is 6.35. The van der Waals surface area contributed by atoms with E-state index in [2.05, 4.69) is 5.16 Å². The number of nitrogens with zero attached hydrogens (tertiary/aromatic N) is 3. The Morgan fingerprint density at radius 2 is 2.00 bits per heavy atom. The molecule has 0 radical (unpaired) electrons. The minimum atomic E-state index is -0.500. The number of carbonyl (C=O) groups excluding carboxylic acids is 2. The van der Waals surface area contributed by atoms with E-state index in [-0.39, 0.29) is 17.9 Å². The van der Waals surface area contributed by atoms with Crippen LogP contribution in [0.15, 0.2) is 34.9 Å². The summed E-state index contributed by atoms with van der Waals surface area (Å²) in [6.45, 7) is 3.26. The van der Waals surface area contributed by atoms with E-state index >= 15 is 0 Å². The molecule has 0 atom stereocenters. The summed E-state index contributed by atoms with van der Waals surface area (Å²) in [5.74, 6) is -0.868. The van der Waals surface area contributed by atoms with Gasteiger partial charge in [0.2, 0.25) is 0 Å². The van der Waals surface area contributed by atoms with Crippen LogP contribution in [-0.2, 0) is 16.1 Å². The number of rotatable bonds is 4. The van der Waals surface area contributed by atoms with E-state index in [0.717, 1.165) is 19.3 Å². The second kappa shape index (κ2) is 6.23. The standard InChI is InChI=1S/C19H20FN3O3/c1-19(6-3-7-19)23-9-8-22(17(24)18(23)25)12-15-11-16(26-21-15)13-4-2-5-14(20)10-13/h2,4-5,10-11H,3,6-9,12H2,1H3. The Labute approximate surface area is 150 Å². The molecule has 1 aliphatic carbocycles. The van der Waals surface area contributed by atoms with Crippen molar-refractivity contribution < 1.29 is 18.5 Å². The zero-order valence-electron chi connectivity index (χ0n) is 14.6. The summed E-state index contributed by atoms with van der Waals surface area (Å²) in [5.41, 5.74) is 0.944. The van der Waals surface area contributed by atoms with E-state index in [1.54, 1.807) is 23.1 Å². The summed E-state index contributed by atoms with van der Waals surface area (Å²) in [4.78, 5) is 28.2. The summed E-state index contributed by atoms with van der Waals surface area (Å²) in [6.07, 6.45) is 3.00. The molecule has 1 aromatic carbocycles. The van der Waals surface area contributed by atoms with E-state index < -0.39 is 11.8 Å². The molecular weight excluding hydrogens is 337 g/mol. The summed E-state index contributed by atoms with van der Waals surface area (Å²) in [5, 5.41) is 3.95. The number of benzene rings is 1. The van der Waals surface area contributed by atoms with Crippen LogP contribution in [0, 0.1) is 5.82 Å². The van der Waals surface area contributed by atoms with Gasteiger partial charge in [0.1, 0.15) is 11.5 Å². The summed E-state index contributed by atoms with van der Waals surface area (Å²) in [7, 11) is 0. The molecule has 1 saturated heterocycles. The second-order valence-corrected chi connectivity index (χ2v) is 7.23. The van der Waals surface area contributed by atoms with Gasteiger partial charge in [0.25, 0.3) is 0 Å². The molecule has 1 aromatic heterocycles. The molecule has 0 unspecified atom stereocenters. The largest absolute Gasteiger partial charge is 0.356 e. The maximum Gasteiger partial charge on any atom is 0.312 e. The Bertz CT molecular complexity index is 859. The average Bonchev–Trinajstić information content (AvgIpc) is 3.06. The van der Waals surface area contributed by atoms with Gasteiger partial charge < -0.3 is 14.3 Å². The fourth-order valence-corrected chi connectivity index (χ4v) is 3.66. The lowest BCUT2D eigenvalue weighted by Gasteiger charge is -2.50. The molecule has 0 N–H and O–H groups in total. The molecule has 0 spiro atoms. The van der Waals surface area contributed by atoms with Crippen LogP contribution in [0.4, 0.5) is 4.39 Å². The molecule has 2 aromatic rings. The van der Waals surface area contributed by atoms with Crippen LogP contribution in [0.1, 0.15) is 31.9 Å². The molecule has 4 rings (SSSR count). The molecule has 2 heterocycles. The van der Waals surface area contributed by atoms with Gasteiger partial charge in [-0.25, -0.2) is 4.39 Å². The van der Waals surface area contributed by atoms with Gasteiger partial charge in [-0.2, -0.15) is 0 Å². The average molecular weight is 357 g/mol. The fraction of sp³-hybridized carbons (Fsp3) is 0.421. The second-order valence-electron chi connectivity index (χ2n) is 7.23. The van der Waals surface area contributed by atoms with Crippen LogP contribution < -0.4 is 0 Å². The van der Waals surface area contributed by atoms with E-state index in [9.17, 15) is 14.0 Å². The van der Waals surface area contributed by atoms with Gasteiger partial charge in [-0.15, -0.1) is 0 Å². The molecule has 6 nitrogen and oxygen atoms in total. The number of piperazine rings is 1. The Balaban J connectivity index is 1.45. The summed E-state index contributed by atoms with van der Waals surface area (Å²) >= 11 is 0. The van der Waals surface area contributed by atoms with Crippen molar-refractivity contribution >= 4 is 11.8 Å². The van der Waals surface area contributed by atoms with Crippen molar-refractivity contribution in [2.75, 3.05) is 13.1 Å². The van der Waals surface area contributed by atoms with Crippen LogP contribution >= 0.6 is 0 Å². The van der Waals surface area contributed by atoms with Crippen molar-refractivity contribution in [3.8, 4) is 11.3 Å². The van der Waals surface area contributed by atoms with Crippen molar-refractivity contribution in [3.63, 3.8) is 0 Å². The Morgan fingerprint density at radius 3 is 2.69 bits per heavy atom. The maximum absolute atomic E-state index is 13.3. The lowest BCUT2D eigenvalue weighted by Crippen LogP contribution is -2.63. The molecule has 2 aliphatic rings. The van der Waals surface area contributed by atoms with Crippen LogP contribution in [0.5, 0.6) is 0 Å². The highest BCUT2D eigenvalue weighted by atomic mass is 19.1. The smallest absolute Gasteiger partial charge is 0.312 e. The zero-order valence-corrected chi connectivity index (χ0v) is 14.6. The first kappa shape index (κ1) is 16.8. The Morgan fingerprint density at radius 1 is 1.19 bits per heavy atom. The predicted octanol–water partition coefficient (Wildman–Crippen LogP) is 2.59. The normalized spacial score (nSPS) is 19.6. The molecule has 2 amide bonds. The van der Waals surface area contributed by atoms with Gasteiger partial charge in [0, 0.05) is 30.3 Å². The van der Waals surface area contributed by atoms with Crippen molar-refractivity contribution in [2.45, 2.75) is 38.3 Å². The van der Waals surface area contributed by atoms with E-state index in [0.29, 0.717) is 30.1 Å². The molecular formula is C19H20FN3O3. The third kappa shape index (κ3) is 2.87. The number of aromatic nitrogens is 1. The van der Waals surface area contributed by atoms with E-state index in [1.807, 2.05) is 6.92 Å². The topological polar surface area (TPSA) is 66.7 Å². The SMILES string of the molecule is CC1(N2CCN(Cc3cc(-c4cccc(F)c4)on3)C(=O)C2=O)CCC1. The monoisotopic (exact) mass is 357 g/mol. The first-order chi connectivity index (χ1) is 12.5. The predicted molar refractivity (Wildman–Crippen MR) is 91.3 cm³/mol. The number of amides is 2. The van der Waals surface area contributed by atoms with Gasteiger partial charge in [0.15, 0.2) is 5.76 Å². The quantitative estimate of drug-likeness (QED) is 0.789. The summed E-state index contributed by atoms with van der Waals surface area (Å²) < 4.78 is 18.6. The van der Waals surface area contributed by atoms with Gasteiger partial charge >= 0.3 is 11.8 Å². The number of hydrogen-bond donors (Lipinski definition) is 0. The number of carbonyl (C=O) groups is 2. The van der Waals surface area contributed by atoms with Gasteiger partial charge in [-0.1, -0.05) is 17.3 Å². The third-order valence-electron chi connectivity index (χ3n) is 5.41. The molecule has 2 fully saturated rings. The molecule has 26 heavy (non-hydrogen) atoms. The number of hydrogen-bond acceptors (Lipinski definition) is 4. The van der Waals surface area contributed by atoms with Crippen molar-refractivity contribution in [1.29, 1.82) is 0 Å². The lowest BCUT2D eigenvalue weighted by molar-refractivity contribution is -0.163. The maximum atomic E-state index is 13.3. The lowest BCUT2D eigenvalue weighted by atomic mass is 9.76.